The van der Waals surface area contributed by atoms with Gasteiger partial charge in [0.05, 0.1) is 0 Å². The number of nitrogens with two attached hydrogens (primary N) is 1. The lowest BCUT2D eigenvalue weighted by atomic mass is 9.96. The second-order valence-electron chi connectivity index (χ2n) is 3.48. The predicted octanol–water partition coefficient (Wildman–Crippen LogP) is 4.17. The number of hydrogen-bond donors (Lipinski definition) is 1. The Morgan fingerprint density at radius 1 is 1.08 bits per heavy atom. The van der Waals surface area contributed by atoms with Crippen molar-refractivity contribution < 1.29 is 0 Å². The second-order valence-corrected chi connectivity index (χ2v) is 5.98. The maximum atomic E-state index is 5.99. The molecule has 1 aromatic carbocycles. The van der Waals surface area contributed by atoms with Crippen LogP contribution >= 0.6 is 47.8 Å². The van der Waals surface area contributed by atoms with Crippen molar-refractivity contribution in [3.05, 3.63) is 31.1 Å². The lowest BCUT2D eigenvalue weighted by Gasteiger charge is -2.20. The van der Waals surface area contributed by atoms with E-state index in [1.54, 1.807) is 0 Å². The molecule has 1 aromatic rings. The van der Waals surface area contributed by atoms with Gasteiger partial charge < -0.3 is 5.73 Å². The van der Waals surface area contributed by atoms with E-state index in [2.05, 4.69) is 47.8 Å². The standard InChI is InChI=1S/C9H10Br3N/c1-9(2,13)5-3-6(10)8(12)7(11)4-5/h3-4H,13H2,1-2H3. The third kappa shape index (κ3) is 2.78. The minimum atomic E-state index is -0.314. The topological polar surface area (TPSA) is 26.0 Å². The third-order valence-corrected chi connectivity index (χ3v) is 4.90. The van der Waals surface area contributed by atoms with Crippen molar-refractivity contribution in [3.8, 4) is 0 Å². The Bertz CT molecular complexity index is 305. The normalized spacial score (nSPS) is 11.8. The molecule has 0 aliphatic rings. The molecule has 0 fully saturated rings. The number of rotatable bonds is 1. The molecule has 2 N–H and O–H groups in total. The van der Waals surface area contributed by atoms with E-state index in [0.717, 1.165) is 19.0 Å². The van der Waals surface area contributed by atoms with Gasteiger partial charge in [-0.1, -0.05) is 0 Å². The number of halogens is 3. The molecule has 1 rings (SSSR count). The molecule has 0 radical (unpaired) electrons. The van der Waals surface area contributed by atoms with E-state index in [1.165, 1.54) is 0 Å². The molecule has 1 nitrogen and oxygen atoms in total. The lowest BCUT2D eigenvalue weighted by Crippen LogP contribution is -2.28. The molecule has 0 unspecified atom stereocenters. The Hall–Kier alpha value is 0.620. The Labute approximate surface area is 103 Å². The highest BCUT2D eigenvalue weighted by atomic mass is 79.9. The van der Waals surface area contributed by atoms with Crippen molar-refractivity contribution in [2.75, 3.05) is 0 Å². The first-order valence-electron chi connectivity index (χ1n) is 3.76. The molecule has 0 saturated heterocycles. The summed E-state index contributed by atoms with van der Waals surface area (Å²) in [6, 6.07) is 4.05. The fraction of sp³-hybridized carbons (Fsp3) is 0.333. The van der Waals surface area contributed by atoms with Crippen molar-refractivity contribution in [2.24, 2.45) is 5.73 Å². The van der Waals surface area contributed by atoms with Gasteiger partial charge in [0.2, 0.25) is 0 Å². The second kappa shape index (κ2) is 4.01. The highest BCUT2D eigenvalue weighted by molar-refractivity contribution is 9.14. The van der Waals surface area contributed by atoms with Gasteiger partial charge in [-0.15, -0.1) is 0 Å². The SMILES string of the molecule is CC(C)(N)c1cc(Br)c(Br)c(Br)c1. The van der Waals surface area contributed by atoms with Gasteiger partial charge in [0.25, 0.3) is 0 Å². The van der Waals surface area contributed by atoms with Gasteiger partial charge in [0.15, 0.2) is 0 Å². The first-order valence-corrected chi connectivity index (χ1v) is 6.14. The average Bonchev–Trinajstić information content (AvgIpc) is 1.97. The molecule has 4 heteroatoms. The Balaban J connectivity index is 3.29. The van der Waals surface area contributed by atoms with Gasteiger partial charge in [-0.05, 0) is 79.3 Å². The summed E-state index contributed by atoms with van der Waals surface area (Å²) in [6.07, 6.45) is 0. The van der Waals surface area contributed by atoms with E-state index >= 15 is 0 Å². The van der Waals surface area contributed by atoms with E-state index in [-0.39, 0.29) is 5.54 Å². The fourth-order valence-corrected chi connectivity index (χ4v) is 2.34. The van der Waals surface area contributed by atoms with Crippen LogP contribution in [0.5, 0.6) is 0 Å². The maximum absolute atomic E-state index is 5.99. The van der Waals surface area contributed by atoms with Crippen LogP contribution < -0.4 is 5.73 Å². The summed E-state index contributed by atoms with van der Waals surface area (Å²) in [4.78, 5) is 0. The Morgan fingerprint density at radius 3 is 1.77 bits per heavy atom. The molecule has 72 valence electrons. The minimum Gasteiger partial charge on any atom is -0.322 e. The summed E-state index contributed by atoms with van der Waals surface area (Å²) in [5.74, 6) is 0. The molecule has 0 aromatic heterocycles. The third-order valence-electron chi connectivity index (χ3n) is 1.73. The quantitative estimate of drug-likeness (QED) is 0.737. The van der Waals surface area contributed by atoms with Crippen LogP contribution in [0.2, 0.25) is 0 Å². The molecule has 0 spiro atoms. The van der Waals surface area contributed by atoms with E-state index in [9.17, 15) is 0 Å². The van der Waals surface area contributed by atoms with Crippen LogP contribution in [0, 0.1) is 0 Å². The molecule has 13 heavy (non-hydrogen) atoms. The zero-order valence-electron chi connectivity index (χ0n) is 7.37. The summed E-state index contributed by atoms with van der Waals surface area (Å²) >= 11 is 10.4. The highest BCUT2D eigenvalue weighted by Crippen LogP contribution is 2.34. The molecule has 0 saturated carbocycles. The molecule has 0 aliphatic carbocycles. The molecule has 0 bridgehead atoms. The van der Waals surface area contributed by atoms with E-state index in [4.69, 9.17) is 5.73 Å². The predicted molar refractivity (Wildman–Crippen MR) is 66.8 cm³/mol. The molecule has 0 amide bonds. The Morgan fingerprint density at radius 2 is 1.46 bits per heavy atom. The summed E-state index contributed by atoms with van der Waals surface area (Å²) in [7, 11) is 0. The van der Waals surface area contributed by atoms with Gasteiger partial charge >= 0.3 is 0 Å². The van der Waals surface area contributed by atoms with Crippen molar-refractivity contribution >= 4 is 47.8 Å². The summed E-state index contributed by atoms with van der Waals surface area (Å²) in [6.45, 7) is 3.96. The molecule has 0 atom stereocenters. The largest absolute Gasteiger partial charge is 0.322 e. The van der Waals surface area contributed by atoms with Crippen LogP contribution in [0.1, 0.15) is 19.4 Å². The summed E-state index contributed by atoms with van der Waals surface area (Å²) in [5, 5.41) is 0. The van der Waals surface area contributed by atoms with Crippen molar-refractivity contribution in [1.82, 2.24) is 0 Å². The van der Waals surface area contributed by atoms with Gasteiger partial charge in [-0.25, -0.2) is 0 Å². The van der Waals surface area contributed by atoms with Crippen molar-refractivity contribution in [3.63, 3.8) is 0 Å². The Kier molecular flexibility index (Phi) is 3.60. The van der Waals surface area contributed by atoms with Gasteiger partial charge in [-0.3, -0.25) is 0 Å². The fourth-order valence-electron chi connectivity index (χ4n) is 0.928. The van der Waals surface area contributed by atoms with Gasteiger partial charge in [0.1, 0.15) is 0 Å². The monoisotopic (exact) mass is 369 g/mol. The number of benzene rings is 1. The average molecular weight is 372 g/mol. The van der Waals surface area contributed by atoms with Crippen molar-refractivity contribution in [1.29, 1.82) is 0 Å². The minimum absolute atomic E-state index is 0.314. The molecular weight excluding hydrogens is 362 g/mol. The van der Waals surface area contributed by atoms with Crippen LogP contribution in [0.4, 0.5) is 0 Å². The van der Waals surface area contributed by atoms with E-state index in [0.29, 0.717) is 0 Å². The summed E-state index contributed by atoms with van der Waals surface area (Å²) < 4.78 is 3.03. The number of hydrogen-bond acceptors (Lipinski definition) is 1. The van der Waals surface area contributed by atoms with E-state index < -0.39 is 0 Å². The van der Waals surface area contributed by atoms with Gasteiger partial charge in [-0.2, -0.15) is 0 Å². The van der Waals surface area contributed by atoms with Crippen LogP contribution in [0.25, 0.3) is 0 Å². The highest BCUT2D eigenvalue weighted by Gasteiger charge is 2.16. The zero-order chi connectivity index (χ0) is 10.2. The van der Waals surface area contributed by atoms with Crippen LogP contribution in [0.3, 0.4) is 0 Å². The van der Waals surface area contributed by atoms with Gasteiger partial charge in [0, 0.05) is 19.0 Å². The van der Waals surface area contributed by atoms with Crippen LogP contribution in [-0.4, -0.2) is 0 Å². The first kappa shape index (κ1) is 11.7. The van der Waals surface area contributed by atoms with E-state index in [1.807, 2.05) is 26.0 Å². The first-order chi connectivity index (χ1) is 5.82. The lowest BCUT2D eigenvalue weighted by molar-refractivity contribution is 0.553. The smallest absolute Gasteiger partial charge is 0.0459 e. The molecule has 0 heterocycles. The molecular formula is C9H10Br3N. The zero-order valence-corrected chi connectivity index (χ0v) is 12.1. The van der Waals surface area contributed by atoms with Crippen molar-refractivity contribution in [2.45, 2.75) is 19.4 Å². The van der Waals surface area contributed by atoms with Crippen LogP contribution in [0.15, 0.2) is 25.6 Å². The van der Waals surface area contributed by atoms with Crippen LogP contribution in [-0.2, 0) is 5.54 Å². The summed E-state index contributed by atoms with van der Waals surface area (Å²) in [5.41, 5.74) is 6.77. The molecule has 0 aliphatic heterocycles. The maximum Gasteiger partial charge on any atom is 0.0459 e.